The molecule has 4 nitrogen and oxygen atoms in total. The van der Waals surface area contributed by atoms with Crippen molar-refractivity contribution in [3.8, 4) is 0 Å². The Morgan fingerprint density at radius 1 is 1.12 bits per heavy atom. The molecule has 0 aliphatic heterocycles. The van der Waals surface area contributed by atoms with E-state index >= 15 is 0 Å². The lowest BCUT2D eigenvalue weighted by Crippen LogP contribution is -2.22. The van der Waals surface area contributed by atoms with Crippen LogP contribution in [-0.4, -0.2) is 22.9 Å². The third-order valence-corrected chi connectivity index (χ3v) is 5.41. The van der Waals surface area contributed by atoms with Crippen LogP contribution in [0.2, 0.25) is 0 Å². The van der Waals surface area contributed by atoms with E-state index in [9.17, 15) is 9.59 Å². The molecule has 0 aromatic heterocycles. The van der Waals surface area contributed by atoms with Crippen LogP contribution >= 0.6 is 0 Å². The Morgan fingerprint density at radius 3 is 2.33 bits per heavy atom. The highest BCUT2D eigenvalue weighted by Crippen LogP contribution is 2.49. The lowest BCUT2D eigenvalue weighted by Gasteiger charge is -2.28. The quantitative estimate of drug-likeness (QED) is 0.352. The highest BCUT2D eigenvalue weighted by atomic mass is 17.1. The van der Waals surface area contributed by atoms with E-state index in [-0.39, 0.29) is 17.5 Å². The highest BCUT2D eigenvalue weighted by Gasteiger charge is 2.43. The summed E-state index contributed by atoms with van der Waals surface area (Å²) in [6, 6.07) is 0. The lowest BCUT2D eigenvalue weighted by molar-refractivity contribution is -0.270. The molecule has 2 aliphatic rings. The zero-order chi connectivity index (χ0) is 18.1. The van der Waals surface area contributed by atoms with Crippen LogP contribution < -0.4 is 0 Å². The van der Waals surface area contributed by atoms with E-state index in [0.717, 1.165) is 16.7 Å². The van der Waals surface area contributed by atoms with Gasteiger partial charge in [0.1, 0.15) is 6.10 Å². The van der Waals surface area contributed by atoms with Crippen molar-refractivity contribution in [1.82, 2.24) is 0 Å². The third-order valence-electron chi connectivity index (χ3n) is 5.41. The summed E-state index contributed by atoms with van der Waals surface area (Å²) in [4.78, 5) is 29.7. The Hall–Kier alpha value is -1.52. The van der Waals surface area contributed by atoms with Crippen molar-refractivity contribution in [2.45, 2.75) is 65.4 Å². The molecule has 2 rings (SSSR count). The fourth-order valence-corrected chi connectivity index (χ4v) is 4.03. The fraction of sp³-hybridized carbons (Fsp3) is 0.600. The van der Waals surface area contributed by atoms with Gasteiger partial charge in [0.15, 0.2) is 11.6 Å². The van der Waals surface area contributed by atoms with Gasteiger partial charge in [-0.05, 0) is 48.3 Å². The summed E-state index contributed by atoms with van der Waals surface area (Å²) < 4.78 is 0. The molecule has 2 aliphatic carbocycles. The molecule has 0 bridgehead atoms. The number of ketones is 2. The first-order valence-corrected chi connectivity index (χ1v) is 8.65. The number of Topliss-reactive ketones (excluding diaryl/α,β-unsaturated/α-hetero) is 2. The van der Waals surface area contributed by atoms with Crippen molar-refractivity contribution in [2.24, 2.45) is 11.3 Å². The molecule has 24 heavy (non-hydrogen) atoms. The van der Waals surface area contributed by atoms with E-state index < -0.39 is 11.5 Å². The number of carbonyl (C=O) groups is 2. The summed E-state index contributed by atoms with van der Waals surface area (Å²) >= 11 is 0. The second kappa shape index (κ2) is 7.16. The number of rotatable bonds is 2. The standard InChI is InChI=1S/C20H28O4/c1-12(2)19-15-8-6-14(4)18(24-23)9-7-13(3)16(21)10-20(15,5)11-17(19)22/h12,18,23H,3-4,6-11H2,1-2,5H3. The molecule has 0 radical (unpaired) electrons. The van der Waals surface area contributed by atoms with Gasteiger partial charge in [0, 0.05) is 18.3 Å². The molecular formula is C20H28O4. The molecule has 4 heteroatoms. The summed E-state index contributed by atoms with van der Waals surface area (Å²) in [6.07, 6.45) is 2.48. The van der Waals surface area contributed by atoms with Crippen LogP contribution in [0.3, 0.4) is 0 Å². The van der Waals surface area contributed by atoms with Gasteiger partial charge in [-0.2, -0.15) is 0 Å². The summed E-state index contributed by atoms with van der Waals surface area (Å²) in [5, 5.41) is 9.14. The number of carbonyl (C=O) groups excluding carboxylic acids is 2. The molecule has 2 atom stereocenters. The van der Waals surface area contributed by atoms with Gasteiger partial charge in [0.05, 0.1) is 0 Å². The monoisotopic (exact) mass is 332 g/mol. The Bertz CT molecular complexity index is 611. The average Bonchev–Trinajstić information content (AvgIpc) is 2.74. The van der Waals surface area contributed by atoms with Crippen molar-refractivity contribution >= 4 is 11.6 Å². The fourth-order valence-electron chi connectivity index (χ4n) is 4.03. The van der Waals surface area contributed by atoms with E-state index in [2.05, 4.69) is 18.0 Å². The molecule has 0 saturated heterocycles. The summed E-state index contributed by atoms with van der Waals surface area (Å²) in [6.45, 7) is 14.0. The first kappa shape index (κ1) is 18.8. The largest absolute Gasteiger partial charge is 0.295 e. The molecule has 132 valence electrons. The predicted octanol–water partition coefficient (Wildman–Crippen LogP) is 4.42. The third kappa shape index (κ3) is 3.60. The van der Waals surface area contributed by atoms with Crippen LogP contribution in [-0.2, 0) is 14.5 Å². The Balaban J connectivity index is 2.45. The number of hydrogen-bond donors (Lipinski definition) is 1. The maximum absolute atomic E-state index is 12.6. The van der Waals surface area contributed by atoms with Gasteiger partial charge in [0.2, 0.25) is 0 Å². The molecule has 0 aromatic carbocycles. The van der Waals surface area contributed by atoms with Crippen LogP contribution in [0.1, 0.15) is 59.3 Å². The molecular weight excluding hydrogens is 304 g/mol. The Morgan fingerprint density at radius 2 is 1.75 bits per heavy atom. The summed E-state index contributed by atoms with van der Waals surface area (Å²) in [5.41, 5.74) is 2.82. The minimum atomic E-state index is -0.501. The summed E-state index contributed by atoms with van der Waals surface area (Å²) in [5.74, 6) is 0.284. The molecule has 0 spiro atoms. The molecule has 1 fully saturated rings. The first-order chi connectivity index (χ1) is 11.2. The number of hydrogen-bond acceptors (Lipinski definition) is 4. The average molecular weight is 332 g/mol. The van der Waals surface area contributed by atoms with Crippen LogP contribution in [0, 0.1) is 11.3 Å². The minimum absolute atomic E-state index is 0.00277. The topological polar surface area (TPSA) is 63.6 Å². The predicted molar refractivity (Wildman–Crippen MR) is 93.5 cm³/mol. The van der Waals surface area contributed by atoms with Gasteiger partial charge in [0.25, 0.3) is 0 Å². The number of fused-ring (bicyclic) bond motifs is 1. The van der Waals surface area contributed by atoms with Crippen molar-refractivity contribution < 1.29 is 19.7 Å². The lowest BCUT2D eigenvalue weighted by atomic mass is 9.75. The molecule has 1 saturated carbocycles. The second-order valence-electron chi connectivity index (χ2n) is 7.70. The molecule has 1 N–H and O–H groups in total. The van der Waals surface area contributed by atoms with Gasteiger partial charge in [-0.15, -0.1) is 0 Å². The SMILES string of the molecule is C=C1CCC(OO)C(=C)CCC2=C(C(C)C)C(=O)CC2(C)CC1=O. The molecule has 0 aromatic rings. The van der Waals surface area contributed by atoms with Crippen LogP contribution in [0.15, 0.2) is 35.5 Å². The molecule has 0 amide bonds. The van der Waals surface area contributed by atoms with Crippen LogP contribution in [0.4, 0.5) is 0 Å². The van der Waals surface area contributed by atoms with E-state index in [0.29, 0.717) is 44.1 Å². The normalized spacial score (nSPS) is 30.0. The smallest absolute Gasteiger partial charge is 0.159 e. The second-order valence-corrected chi connectivity index (χ2v) is 7.70. The zero-order valence-corrected chi connectivity index (χ0v) is 15.0. The van der Waals surface area contributed by atoms with E-state index in [1.54, 1.807) is 0 Å². The molecule has 0 heterocycles. The zero-order valence-electron chi connectivity index (χ0n) is 15.0. The first-order valence-electron chi connectivity index (χ1n) is 8.65. The van der Waals surface area contributed by atoms with Crippen molar-refractivity contribution in [3.63, 3.8) is 0 Å². The van der Waals surface area contributed by atoms with Crippen molar-refractivity contribution in [3.05, 3.63) is 35.5 Å². The van der Waals surface area contributed by atoms with E-state index in [4.69, 9.17) is 5.26 Å². The van der Waals surface area contributed by atoms with Gasteiger partial charge in [-0.25, -0.2) is 4.89 Å². The molecule has 2 unspecified atom stereocenters. The highest BCUT2D eigenvalue weighted by molar-refractivity contribution is 6.02. The van der Waals surface area contributed by atoms with Crippen LogP contribution in [0.5, 0.6) is 0 Å². The maximum Gasteiger partial charge on any atom is 0.159 e. The van der Waals surface area contributed by atoms with Gasteiger partial charge in [-0.3, -0.25) is 14.8 Å². The minimum Gasteiger partial charge on any atom is -0.295 e. The number of allylic oxidation sites excluding steroid dienone is 3. The van der Waals surface area contributed by atoms with E-state index in [1.807, 2.05) is 20.8 Å². The maximum atomic E-state index is 12.6. The summed E-state index contributed by atoms with van der Waals surface area (Å²) in [7, 11) is 0. The van der Waals surface area contributed by atoms with Crippen molar-refractivity contribution in [1.29, 1.82) is 0 Å². The van der Waals surface area contributed by atoms with Gasteiger partial charge in [-0.1, -0.05) is 39.5 Å². The van der Waals surface area contributed by atoms with Crippen LogP contribution in [0.25, 0.3) is 0 Å². The van der Waals surface area contributed by atoms with E-state index in [1.165, 1.54) is 0 Å². The Labute approximate surface area is 144 Å². The van der Waals surface area contributed by atoms with Gasteiger partial charge < -0.3 is 0 Å². The van der Waals surface area contributed by atoms with Crippen molar-refractivity contribution in [2.75, 3.05) is 0 Å². The Kier molecular flexibility index (Phi) is 5.61. The van der Waals surface area contributed by atoms with Gasteiger partial charge >= 0.3 is 0 Å².